The Morgan fingerprint density at radius 2 is 1.45 bits per heavy atom. The van der Waals surface area contributed by atoms with Crippen LogP contribution in [0.15, 0.2) is 12.4 Å². The normalized spacial score (nSPS) is 10.5. The van der Waals surface area contributed by atoms with Crippen molar-refractivity contribution in [3.63, 3.8) is 0 Å². The standard InChI is InChI=1S/C16H25N3O3/c1-3-5-7-9-19(10-8-6-4-2)15(20)13-11-18-14(12-17-13)16(21)22/h11-12H,3-10H2,1-2H3,(H,21,22). The molecule has 0 fully saturated rings. The van der Waals surface area contributed by atoms with Gasteiger partial charge in [-0.2, -0.15) is 0 Å². The van der Waals surface area contributed by atoms with Crippen LogP contribution in [0.2, 0.25) is 0 Å². The maximum atomic E-state index is 12.5. The van der Waals surface area contributed by atoms with E-state index in [9.17, 15) is 9.59 Å². The number of amides is 1. The van der Waals surface area contributed by atoms with Crippen LogP contribution in [0.25, 0.3) is 0 Å². The smallest absolute Gasteiger partial charge is 0.356 e. The first-order chi connectivity index (χ1) is 10.6. The molecule has 0 atom stereocenters. The van der Waals surface area contributed by atoms with Gasteiger partial charge in [0.2, 0.25) is 0 Å². The molecule has 1 rings (SSSR count). The number of hydrogen-bond donors (Lipinski definition) is 1. The number of unbranched alkanes of at least 4 members (excludes halogenated alkanes) is 4. The molecule has 0 unspecified atom stereocenters. The summed E-state index contributed by atoms with van der Waals surface area (Å²) in [5, 5.41) is 8.81. The monoisotopic (exact) mass is 307 g/mol. The summed E-state index contributed by atoms with van der Waals surface area (Å²) in [6.45, 7) is 5.66. The summed E-state index contributed by atoms with van der Waals surface area (Å²) in [5.74, 6) is -1.31. The molecule has 1 heterocycles. The van der Waals surface area contributed by atoms with Gasteiger partial charge in [0.1, 0.15) is 5.69 Å². The number of nitrogens with zero attached hydrogens (tertiary/aromatic N) is 3. The molecule has 0 saturated heterocycles. The number of aromatic carboxylic acids is 1. The van der Waals surface area contributed by atoms with Gasteiger partial charge in [-0.3, -0.25) is 4.79 Å². The Hall–Kier alpha value is -1.98. The molecule has 1 N–H and O–H groups in total. The number of carbonyl (C=O) groups excluding carboxylic acids is 1. The molecular formula is C16H25N3O3. The van der Waals surface area contributed by atoms with Crippen LogP contribution in [0.4, 0.5) is 0 Å². The van der Waals surface area contributed by atoms with Crippen molar-refractivity contribution in [1.29, 1.82) is 0 Å². The summed E-state index contributed by atoms with van der Waals surface area (Å²) in [6.07, 6.45) is 8.69. The first-order valence-electron chi connectivity index (χ1n) is 7.94. The number of hydrogen-bond acceptors (Lipinski definition) is 4. The predicted octanol–water partition coefficient (Wildman–Crippen LogP) is 3.00. The van der Waals surface area contributed by atoms with Crippen LogP contribution in [-0.2, 0) is 0 Å². The fraction of sp³-hybridized carbons (Fsp3) is 0.625. The van der Waals surface area contributed by atoms with Crippen molar-refractivity contribution in [2.45, 2.75) is 52.4 Å². The molecule has 0 radical (unpaired) electrons. The van der Waals surface area contributed by atoms with E-state index in [1.165, 1.54) is 6.20 Å². The zero-order chi connectivity index (χ0) is 16.4. The SMILES string of the molecule is CCCCCN(CCCCC)C(=O)c1cnc(C(=O)O)cn1. The van der Waals surface area contributed by atoms with Crippen LogP contribution in [0, 0.1) is 0 Å². The fourth-order valence-corrected chi connectivity index (χ4v) is 2.13. The van der Waals surface area contributed by atoms with E-state index < -0.39 is 5.97 Å². The molecule has 0 aliphatic rings. The molecule has 22 heavy (non-hydrogen) atoms. The highest BCUT2D eigenvalue weighted by Crippen LogP contribution is 2.07. The average molecular weight is 307 g/mol. The quantitative estimate of drug-likeness (QED) is 0.672. The summed E-state index contributed by atoms with van der Waals surface area (Å²) >= 11 is 0. The number of carboxylic acid groups (broad SMARTS) is 1. The second-order valence-corrected chi connectivity index (χ2v) is 5.30. The van der Waals surface area contributed by atoms with Gasteiger partial charge in [0.25, 0.3) is 5.91 Å². The Morgan fingerprint density at radius 3 is 1.86 bits per heavy atom. The first kappa shape index (κ1) is 18.1. The molecule has 6 heteroatoms. The van der Waals surface area contributed by atoms with Gasteiger partial charge in [0.05, 0.1) is 12.4 Å². The molecule has 1 amide bonds. The highest BCUT2D eigenvalue weighted by atomic mass is 16.4. The molecule has 1 aromatic heterocycles. The molecule has 0 saturated carbocycles. The lowest BCUT2D eigenvalue weighted by molar-refractivity contribution is 0.0685. The molecule has 0 bridgehead atoms. The molecule has 0 aliphatic carbocycles. The fourth-order valence-electron chi connectivity index (χ4n) is 2.13. The Labute approximate surface area is 131 Å². The first-order valence-corrected chi connectivity index (χ1v) is 7.94. The number of carbonyl (C=O) groups is 2. The van der Waals surface area contributed by atoms with Gasteiger partial charge < -0.3 is 10.0 Å². The highest BCUT2D eigenvalue weighted by molar-refractivity contribution is 5.92. The Balaban J connectivity index is 2.73. The van der Waals surface area contributed by atoms with Crippen LogP contribution in [0.1, 0.15) is 73.3 Å². The average Bonchev–Trinajstić information content (AvgIpc) is 2.53. The van der Waals surface area contributed by atoms with E-state index in [-0.39, 0.29) is 17.3 Å². The number of carboxylic acids is 1. The molecule has 0 aromatic carbocycles. The second-order valence-electron chi connectivity index (χ2n) is 5.30. The second kappa shape index (κ2) is 9.87. The predicted molar refractivity (Wildman–Crippen MR) is 83.9 cm³/mol. The topological polar surface area (TPSA) is 83.4 Å². The van der Waals surface area contributed by atoms with Gasteiger partial charge in [-0.05, 0) is 12.8 Å². The van der Waals surface area contributed by atoms with Gasteiger partial charge in [0, 0.05) is 13.1 Å². The lowest BCUT2D eigenvalue weighted by Gasteiger charge is -2.22. The lowest BCUT2D eigenvalue weighted by Crippen LogP contribution is -2.33. The summed E-state index contributed by atoms with van der Waals surface area (Å²) in [5.41, 5.74) is 0.0538. The molecule has 122 valence electrons. The zero-order valence-corrected chi connectivity index (χ0v) is 13.4. The van der Waals surface area contributed by atoms with Crippen molar-refractivity contribution in [3.8, 4) is 0 Å². The summed E-state index contributed by atoms with van der Waals surface area (Å²) in [7, 11) is 0. The van der Waals surface area contributed by atoms with Gasteiger partial charge in [-0.15, -0.1) is 0 Å². The Morgan fingerprint density at radius 1 is 0.955 bits per heavy atom. The highest BCUT2D eigenvalue weighted by Gasteiger charge is 2.17. The largest absolute Gasteiger partial charge is 0.476 e. The number of aromatic nitrogens is 2. The maximum Gasteiger partial charge on any atom is 0.356 e. The minimum Gasteiger partial charge on any atom is -0.476 e. The molecule has 0 spiro atoms. The van der Waals surface area contributed by atoms with Crippen molar-refractivity contribution >= 4 is 11.9 Å². The van der Waals surface area contributed by atoms with E-state index in [1.54, 1.807) is 4.90 Å². The maximum absolute atomic E-state index is 12.5. The van der Waals surface area contributed by atoms with Crippen molar-refractivity contribution in [3.05, 3.63) is 23.8 Å². The van der Waals surface area contributed by atoms with Crippen LogP contribution < -0.4 is 0 Å². The van der Waals surface area contributed by atoms with Gasteiger partial charge in [0.15, 0.2) is 5.69 Å². The lowest BCUT2D eigenvalue weighted by atomic mass is 10.2. The van der Waals surface area contributed by atoms with Crippen LogP contribution in [0.5, 0.6) is 0 Å². The number of rotatable bonds is 10. The molecular weight excluding hydrogens is 282 g/mol. The third-order valence-electron chi connectivity index (χ3n) is 3.44. The van der Waals surface area contributed by atoms with Crippen molar-refractivity contribution in [2.24, 2.45) is 0 Å². The van der Waals surface area contributed by atoms with E-state index in [0.717, 1.165) is 44.7 Å². The minimum atomic E-state index is -1.14. The summed E-state index contributed by atoms with van der Waals surface area (Å²) < 4.78 is 0. The van der Waals surface area contributed by atoms with Gasteiger partial charge in [-0.1, -0.05) is 39.5 Å². The van der Waals surface area contributed by atoms with Crippen molar-refractivity contribution < 1.29 is 14.7 Å². The van der Waals surface area contributed by atoms with E-state index in [2.05, 4.69) is 23.8 Å². The van der Waals surface area contributed by atoms with Crippen molar-refractivity contribution in [1.82, 2.24) is 14.9 Å². The Kier molecular flexibility index (Phi) is 8.10. The third kappa shape index (κ3) is 5.79. The zero-order valence-electron chi connectivity index (χ0n) is 13.4. The van der Waals surface area contributed by atoms with E-state index in [0.29, 0.717) is 13.1 Å². The van der Waals surface area contributed by atoms with Crippen LogP contribution in [-0.4, -0.2) is 44.9 Å². The minimum absolute atomic E-state index is 0.153. The van der Waals surface area contributed by atoms with Gasteiger partial charge >= 0.3 is 5.97 Å². The van der Waals surface area contributed by atoms with E-state index in [1.807, 2.05) is 0 Å². The summed E-state index contributed by atoms with van der Waals surface area (Å²) in [4.78, 5) is 32.8. The van der Waals surface area contributed by atoms with E-state index >= 15 is 0 Å². The molecule has 0 aliphatic heterocycles. The third-order valence-corrected chi connectivity index (χ3v) is 3.44. The van der Waals surface area contributed by atoms with Crippen LogP contribution in [0.3, 0.4) is 0 Å². The summed E-state index contributed by atoms with van der Waals surface area (Å²) in [6, 6.07) is 0. The van der Waals surface area contributed by atoms with Crippen molar-refractivity contribution in [2.75, 3.05) is 13.1 Å². The van der Waals surface area contributed by atoms with E-state index in [4.69, 9.17) is 5.11 Å². The Bertz CT molecular complexity index is 464. The molecule has 1 aromatic rings. The molecule has 6 nitrogen and oxygen atoms in total. The van der Waals surface area contributed by atoms with Gasteiger partial charge in [-0.25, -0.2) is 14.8 Å². The van der Waals surface area contributed by atoms with Crippen LogP contribution >= 0.6 is 0 Å².